The van der Waals surface area contributed by atoms with Crippen molar-refractivity contribution in [3.05, 3.63) is 59.2 Å². The maximum absolute atomic E-state index is 13.2. The Morgan fingerprint density at radius 2 is 1.84 bits per heavy atom. The van der Waals surface area contributed by atoms with Crippen LogP contribution in [0, 0.1) is 18.6 Å². The molecule has 1 N–H and O–H groups in total. The predicted octanol–water partition coefficient (Wildman–Crippen LogP) is 2.57. The SMILES string of the molecule is CNC(Cc1ccc(F)c(F)c1)c1ncc(C)cn1. The van der Waals surface area contributed by atoms with Crippen LogP contribution in [0.15, 0.2) is 30.6 Å². The minimum absolute atomic E-state index is 0.134. The number of rotatable bonds is 4. The first-order valence-electron chi connectivity index (χ1n) is 6.00. The summed E-state index contributed by atoms with van der Waals surface area (Å²) in [7, 11) is 1.79. The summed E-state index contributed by atoms with van der Waals surface area (Å²) in [5.41, 5.74) is 1.67. The van der Waals surface area contributed by atoms with Gasteiger partial charge >= 0.3 is 0 Å². The third kappa shape index (κ3) is 3.32. The molecular formula is C14H15F2N3. The molecule has 0 fully saturated rings. The Balaban J connectivity index is 2.18. The molecule has 0 radical (unpaired) electrons. The highest BCUT2D eigenvalue weighted by atomic mass is 19.2. The topological polar surface area (TPSA) is 37.8 Å². The van der Waals surface area contributed by atoms with Gasteiger partial charge in [-0.3, -0.25) is 0 Å². The van der Waals surface area contributed by atoms with Gasteiger partial charge in [-0.25, -0.2) is 18.7 Å². The fraction of sp³-hybridized carbons (Fsp3) is 0.286. The zero-order valence-electron chi connectivity index (χ0n) is 10.8. The molecule has 0 spiro atoms. The van der Waals surface area contributed by atoms with Crippen LogP contribution in [0.3, 0.4) is 0 Å². The van der Waals surface area contributed by atoms with E-state index in [0.29, 0.717) is 17.8 Å². The highest BCUT2D eigenvalue weighted by molar-refractivity contribution is 5.20. The van der Waals surface area contributed by atoms with Crippen molar-refractivity contribution in [3.63, 3.8) is 0 Å². The Bertz CT molecular complexity index is 555. The van der Waals surface area contributed by atoms with Crippen molar-refractivity contribution in [3.8, 4) is 0 Å². The molecular weight excluding hydrogens is 248 g/mol. The molecule has 1 aromatic carbocycles. The lowest BCUT2D eigenvalue weighted by Crippen LogP contribution is -2.21. The van der Waals surface area contributed by atoms with Gasteiger partial charge < -0.3 is 5.32 Å². The number of benzene rings is 1. The van der Waals surface area contributed by atoms with Crippen LogP contribution in [0.4, 0.5) is 8.78 Å². The highest BCUT2D eigenvalue weighted by Crippen LogP contribution is 2.16. The van der Waals surface area contributed by atoms with Crippen LogP contribution in [0.1, 0.15) is 23.0 Å². The van der Waals surface area contributed by atoms with Gasteiger partial charge in [0, 0.05) is 12.4 Å². The molecule has 0 bridgehead atoms. The summed E-state index contributed by atoms with van der Waals surface area (Å²) in [6.07, 6.45) is 3.96. The van der Waals surface area contributed by atoms with Gasteiger partial charge in [0.2, 0.25) is 0 Å². The standard InChI is InChI=1S/C14H15F2N3/c1-9-7-18-14(19-8-9)13(17-2)6-10-3-4-11(15)12(16)5-10/h3-5,7-8,13,17H,6H2,1-2H3. The second-order valence-electron chi connectivity index (χ2n) is 4.41. The molecule has 0 aliphatic rings. The van der Waals surface area contributed by atoms with Crippen molar-refractivity contribution >= 4 is 0 Å². The number of nitrogens with one attached hydrogen (secondary N) is 1. The summed E-state index contributed by atoms with van der Waals surface area (Å²) in [6, 6.07) is 3.77. The Morgan fingerprint density at radius 3 is 2.42 bits per heavy atom. The molecule has 19 heavy (non-hydrogen) atoms. The van der Waals surface area contributed by atoms with Crippen LogP contribution in [-0.4, -0.2) is 17.0 Å². The van der Waals surface area contributed by atoms with Crippen LogP contribution in [0.25, 0.3) is 0 Å². The van der Waals surface area contributed by atoms with E-state index in [9.17, 15) is 8.78 Å². The quantitative estimate of drug-likeness (QED) is 0.921. The Morgan fingerprint density at radius 1 is 1.16 bits per heavy atom. The highest BCUT2D eigenvalue weighted by Gasteiger charge is 2.14. The lowest BCUT2D eigenvalue weighted by molar-refractivity contribution is 0.503. The second kappa shape index (κ2) is 5.84. The van der Waals surface area contributed by atoms with E-state index < -0.39 is 11.6 Å². The lowest BCUT2D eigenvalue weighted by Gasteiger charge is -2.15. The normalized spacial score (nSPS) is 12.4. The van der Waals surface area contributed by atoms with Crippen LogP contribution in [0.5, 0.6) is 0 Å². The Kier molecular flexibility index (Phi) is 4.16. The summed E-state index contributed by atoms with van der Waals surface area (Å²) in [5, 5.41) is 3.08. The zero-order valence-corrected chi connectivity index (χ0v) is 10.8. The monoisotopic (exact) mass is 263 g/mol. The first-order valence-corrected chi connectivity index (χ1v) is 6.00. The van der Waals surface area contributed by atoms with Gasteiger partial charge in [-0.2, -0.15) is 0 Å². The van der Waals surface area contributed by atoms with E-state index in [1.54, 1.807) is 25.5 Å². The minimum Gasteiger partial charge on any atom is -0.310 e. The van der Waals surface area contributed by atoms with Crippen LogP contribution < -0.4 is 5.32 Å². The Hall–Kier alpha value is -1.88. The third-order valence-corrected chi connectivity index (χ3v) is 2.88. The van der Waals surface area contributed by atoms with E-state index in [2.05, 4.69) is 15.3 Å². The largest absolute Gasteiger partial charge is 0.310 e. The molecule has 0 aliphatic carbocycles. The first kappa shape index (κ1) is 13.5. The van der Waals surface area contributed by atoms with Gasteiger partial charge in [-0.05, 0) is 43.7 Å². The summed E-state index contributed by atoms with van der Waals surface area (Å²) < 4.78 is 26.0. The maximum atomic E-state index is 13.2. The van der Waals surface area contributed by atoms with E-state index in [0.717, 1.165) is 11.6 Å². The van der Waals surface area contributed by atoms with E-state index in [-0.39, 0.29) is 6.04 Å². The number of hydrogen-bond acceptors (Lipinski definition) is 3. The average molecular weight is 263 g/mol. The number of hydrogen-bond donors (Lipinski definition) is 1. The van der Waals surface area contributed by atoms with Crippen molar-refractivity contribution in [2.24, 2.45) is 0 Å². The van der Waals surface area contributed by atoms with E-state index in [1.165, 1.54) is 6.07 Å². The fourth-order valence-electron chi connectivity index (χ4n) is 1.81. The lowest BCUT2D eigenvalue weighted by atomic mass is 10.1. The molecule has 2 rings (SSSR count). The first-order chi connectivity index (χ1) is 9.10. The number of nitrogens with zero attached hydrogens (tertiary/aromatic N) is 2. The van der Waals surface area contributed by atoms with Crippen LogP contribution >= 0.6 is 0 Å². The van der Waals surface area contributed by atoms with Crippen molar-refractivity contribution in [2.45, 2.75) is 19.4 Å². The van der Waals surface area contributed by atoms with Gasteiger partial charge in [-0.15, -0.1) is 0 Å². The number of aryl methyl sites for hydroxylation is 1. The molecule has 0 saturated heterocycles. The van der Waals surface area contributed by atoms with Gasteiger partial charge in [-0.1, -0.05) is 6.07 Å². The van der Waals surface area contributed by atoms with Gasteiger partial charge in [0.05, 0.1) is 6.04 Å². The number of likely N-dealkylation sites (N-methyl/N-ethyl adjacent to an activating group) is 1. The molecule has 3 nitrogen and oxygen atoms in total. The summed E-state index contributed by atoms with van der Waals surface area (Å²) in [5.74, 6) is -1.04. The third-order valence-electron chi connectivity index (χ3n) is 2.88. The molecule has 1 heterocycles. The molecule has 0 aliphatic heterocycles. The summed E-state index contributed by atoms with van der Waals surface area (Å²) >= 11 is 0. The summed E-state index contributed by atoms with van der Waals surface area (Å²) in [4.78, 5) is 8.49. The smallest absolute Gasteiger partial charge is 0.159 e. The maximum Gasteiger partial charge on any atom is 0.159 e. The zero-order chi connectivity index (χ0) is 13.8. The van der Waals surface area contributed by atoms with Crippen molar-refractivity contribution in [1.29, 1.82) is 0 Å². The Labute approximate surface area is 110 Å². The molecule has 0 amide bonds. The number of aromatic nitrogens is 2. The van der Waals surface area contributed by atoms with E-state index in [1.807, 2.05) is 6.92 Å². The number of halogens is 2. The predicted molar refractivity (Wildman–Crippen MR) is 68.6 cm³/mol. The van der Waals surface area contributed by atoms with Crippen molar-refractivity contribution in [2.75, 3.05) is 7.05 Å². The van der Waals surface area contributed by atoms with Crippen molar-refractivity contribution in [1.82, 2.24) is 15.3 Å². The van der Waals surface area contributed by atoms with Gasteiger partial charge in [0.25, 0.3) is 0 Å². The van der Waals surface area contributed by atoms with Crippen LogP contribution in [-0.2, 0) is 6.42 Å². The fourth-order valence-corrected chi connectivity index (χ4v) is 1.81. The molecule has 0 saturated carbocycles. The van der Waals surface area contributed by atoms with E-state index in [4.69, 9.17) is 0 Å². The van der Waals surface area contributed by atoms with E-state index >= 15 is 0 Å². The molecule has 2 aromatic rings. The molecule has 100 valence electrons. The van der Waals surface area contributed by atoms with Crippen molar-refractivity contribution < 1.29 is 8.78 Å². The minimum atomic E-state index is -0.837. The molecule has 1 atom stereocenters. The second-order valence-corrected chi connectivity index (χ2v) is 4.41. The average Bonchev–Trinajstić information content (AvgIpc) is 2.41. The molecule has 1 aromatic heterocycles. The van der Waals surface area contributed by atoms with Crippen LogP contribution in [0.2, 0.25) is 0 Å². The summed E-state index contributed by atoms with van der Waals surface area (Å²) in [6.45, 7) is 1.91. The van der Waals surface area contributed by atoms with Gasteiger partial charge in [0.15, 0.2) is 11.6 Å². The molecule has 5 heteroatoms. The molecule has 1 unspecified atom stereocenters. The van der Waals surface area contributed by atoms with Gasteiger partial charge in [0.1, 0.15) is 5.82 Å².